The number of hydrogen-bond donors (Lipinski definition) is 2. The molecule has 17 heavy (non-hydrogen) atoms. The van der Waals surface area contributed by atoms with Crippen molar-refractivity contribution >= 4 is 0 Å². The maximum Gasteiger partial charge on any atom is 0.161 e. The summed E-state index contributed by atoms with van der Waals surface area (Å²) in [5, 5.41) is 10.1. The molecule has 2 unspecified atom stereocenters. The van der Waals surface area contributed by atoms with Crippen molar-refractivity contribution in [1.29, 1.82) is 0 Å². The van der Waals surface area contributed by atoms with E-state index in [1.54, 1.807) is 13.2 Å². The van der Waals surface area contributed by atoms with Crippen LogP contribution in [0.5, 0.6) is 11.5 Å². The Labute approximate surface area is 104 Å². The van der Waals surface area contributed by atoms with E-state index in [1.807, 2.05) is 19.1 Å². The second kappa shape index (κ2) is 6.50. The van der Waals surface area contributed by atoms with Crippen LogP contribution >= 0.6 is 0 Å². The lowest BCUT2D eigenvalue weighted by molar-refractivity contribution is 0.366. The SMILES string of the molecule is CCC(CCC(C)N)c1cccc(OC)c1O. The van der Waals surface area contributed by atoms with Gasteiger partial charge in [-0.2, -0.15) is 0 Å². The molecule has 0 aromatic heterocycles. The summed E-state index contributed by atoms with van der Waals surface area (Å²) in [5.74, 6) is 1.16. The zero-order valence-electron chi connectivity index (χ0n) is 10.9. The molecule has 0 saturated carbocycles. The summed E-state index contributed by atoms with van der Waals surface area (Å²) in [4.78, 5) is 0. The molecule has 0 aliphatic rings. The minimum Gasteiger partial charge on any atom is -0.504 e. The second-order valence-corrected chi connectivity index (χ2v) is 4.56. The molecule has 3 N–H and O–H groups in total. The molecule has 3 heteroatoms. The highest BCUT2D eigenvalue weighted by Crippen LogP contribution is 2.37. The first kappa shape index (κ1) is 13.8. The van der Waals surface area contributed by atoms with Crippen LogP contribution in [0.15, 0.2) is 18.2 Å². The summed E-state index contributed by atoms with van der Waals surface area (Å²) in [7, 11) is 1.57. The molecule has 2 atom stereocenters. The van der Waals surface area contributed by atoms with Crippen molar-refractivity contribution in [3.05, 3.63) is 23.8 Å². The Morgan fingerprint density at radius 3 is 2.59 bits per heavy atom. The van der Waals surface area contributed by atoms with Crippen molar-refractivity contribution in [2.24, 2.45) is 5.73 Å². The van der Waals surface area contributed by atoms with E-state index in [2.05, 4.69) is 6.92 Å². The van der Waals surface area contributed by atoms with Crippen LogP contribution < -0.4 is 10.5 Å². The fraction of sp³-hybridized carbons (Fsp3) is 0.571. The van der Waals surface area contributed by atoms with Crippen LogP contribution in [0.3, 0.4) is 0 Å². The van der Waals surface area contributed by atoms with Crippen molar-refractivity contribution in [2.75, 3.05) is 7.11 Å². The average molecular weight is 237 g/mol. The number of methoxy groups -OCH3 is 1. The van der Waals surface area contributed by atoms with E-state index in [9.17, 15) is 5.11 Å². The number of phenolic OH excluding ortho intramolecular Hbond substituents is 1. The van der Waals surface area contributed by atoms with Gasteiger partial charge in [-0.3, -0.25) is 0 Å². The molecule has 96 valence electrons. The van der Waals surface area contributed by atoms with Gasteiger partial charge in [-0.05, 0) is 38.2 Å². The van der Waals surface area contributed by atoms with Crippen LogP contribution in [0.25, 0.3) is 0 Å². The summed E-state index contributed by atoms with van der Waals surface area (Å²) in [6, 6.07) is 5.86. The Morgan fingerprint density at radius 2 is 2.06 bits per heavy atom. The molecule has 0 spiro atoms. The molecular weight excluding hydrogens is 214 g/mol. The summed E-state index contributed by atoms with van der Waals surface area (Å²) >= 11 is 0. The number of para-hydroxylation sites is 1. The Hall–Kier alpha value is -1.22. The van der Waals surface area contributed by atoms with E-state index in [0.717, 1.165) is 24.8 Å². The largest absolute Gasteiger partial charge is 0.504 e. The minimum atomic E-state index is 0.205. The third kappa shape index (κ3) is 3.63. The van der Waals surface area contributed by atoms with Gasteiger partial charge in [0, 0.05) is 11.6 Å². The minimum absolute atomic E-state index is 0.205. The van der Waals surface area contributed by atoms with E-state index < -0.39 is 0 Å². The van der Waals surface area contributed by atoms with Crippen molar-refractivity contribution in [3.63, 3.8) is 0 Å². The summed E-state index contributed by atoms with van der Waals surface area (Å²) < 4.78 is 5.13. The van der Waals surface area contributed by atoms with Gasteiger partial charge < -0.3 is 15.6 Å². The van der Waals surface area contributed by atoms with Crippen molar-refractivity contribution in [1.82, 2.24) is 0 Å². The van der Waals surface area contributed by atoms with E-state index in [1.165, 1.54) is 0 Å². The van der Waals surface area contributed by atoms with Crippen molar-refractivity contribution < 1.29 is 9.84 Å². The van der Waals surface area contributed by atoms with Gasteiger partial charge in [0.05, 0.1) is 7.11 Å². The van der Waals surface area contributed by atoms with Gasteiger partial charge in [0.2, 0.25) is 0 Å². The van der Waals surface area contributed by atoms with E-state index in [0.29, 0.717) is 11.7 Å². The molecule has 0 saturated heterocycles. The zero-order valence-corrected chi connectivity index (χ0v) is 10.9. The van der Waals surface area contributed by atoms with Gasteiger partial charge in [-0.15, -0.1) is 0 Å². The number of ether oxygens (including phenoxy) is 1. The fourth-order valence-electron chi connectivity index (χ4n) is 2.08. The topological polar surface area (TPSA) is 55.5 Å². The normalized spacial score (nSPS) is 14.4. The molecule has 0 amide bonds. The number of benzene rings is 1. The standard InChI is InChI=1S/C14H23NO2/c1-4-11(9-8-10(2)15)12-6-5-7-13(17-3)14(12)16/h5-7,10-11,16H,4,8-9,15H2,1-3H3. The van der Waals surface area contributed by atoms with Gasteiger partial charge in [-0.1, -0.05) is 19.1 Å². The quantitative estimate of drug-likeness (QED) is 0.799. The summed E-state index contributed by atoms with van der Waals surface area (Å²) in [6.07, 6.45) is 2.96. The molecule has 0 fully saturated rings. The molecular formula is C14H23NO2. The first-order valence-electron chi connectivity index (χ1n) is 6.21. The predicted octanol–water partition coefficient (Wildman–Crippen LogP) is 3.02. The van der Waals surface area contributed by atoms with Crippen LogP contribution in [-0.4, -0.2) is 18.3 Å². The summed E-state index contributed by atoms with van der Waals surface area (Å²) in [6.45, 7) is 4.14. The lowest BCUT2D eigenvalue weighted by Crippen LogP contribution is -2.15. The maximum atomic E-state index is 10.1. The highest BCUT2D eigenvalue weighted by Gasteiger charge is 2.16. The predicted molar refractivity (Wildman–Crippen MR) is 70.6 cm³/mol. The highest BCUT2D eigenvalue weighted by molar-refractivity contribution is 5.47. The van der Waals surface area contributed by atoms with Gasteiger partial charge >= 0.3 is 0 Å². The monoisotopic (exact) mass is 237 g/mol. The van der Waals surface area contributed by atoms with Crippen LogP contribution in [0.2, 0.25) is 0 Å². The van der Waals surface area contributed by atoms with Crippen LogP contribution in [0, 0.1) is 0 Å². The molecule has 0 aliphatic heterocycles. The summed E-state index contributed by atoms with van der Waals surface area (Å²) in [5.41, 5.74) is 6.75. The molecule has 1 aromatic rings. The Balaban J connectivity index is 2.87. The molecule has 0 aliphatic carbocycles. The zero-order chi connectivity index (χ0) is 12.8. The van der Waals surface area contributed by atoms with Gasteiger partial charge in [0.25, 0.3) is 0 Å². The molecule has 1 aromatic carbocycles. The molecule has 1 rings (SSSR count). The number of phenols is 1. The third-order valence-corrected chi connectivity index (χ3v) is 3.15. The van der Waals surface area contributed by atoms with Gasteiger partial charge in [-0.25, -0.2) is 0 Å². The first-order valence-corrected chi connectivity index (χ1v) is 6.21. The number of hydrogen-bond acceptors (Lipinski definition) is 3. The molecule has 0 bridgehead atoms. The number of nitrogens with two attached hydrogens (primary N) is 1. The highest BCUT2D eigenvalue weighted by atomic mass is 16.5. The average Bonchev–Trinajstić information content (AvgIpc) is 2.31. The molecule has 3 nitrogen and oxygen atoms in total. The Kier molecular flexibility index (Phi) is 5.29. The molecule has 0 radical (unpaired) electrons. The lowest BCUT2D eigenvalue weighted by Gasteiger charge is -2.19. The smallest absolute Gasteiger partial charge is 0.161 e. The van der Waals surface area contributed by atoms with Crippen LogP contribution in [0.4, 0.5) is 0 Å². The van der Waals surface area contributed by atoms with Gasteiger partial charge in [0.15, 0.2) is 11.5 Å². The fourth-order valence-corrected chi connectivity index (χ4v) is 2.08. The Morgan fingerprint density at radius 1 is 1.35 bits per heavy atom. The van der Waals surface area contributed by atoms with Gasteiger partial charge in [0.1, 0.15) is 0 Å². The van der Waals surface area contributed by atoms with Crippen molar-refractivity contribution in [3.8, 4) is 11.5 Å². The van der Waals surface area contributed by atoms with E-state index in [4.69, 9.17) is 10.5 Å². The third-order valence-electron chi connectivity index (χ3n) is 3.15. The Bertz CT molecular complexity index is 350. The first-order chi connectivity index (χ1) is 8.10. The van der Waals surface area contributed by atoms with E-state index in [-0.39, 0.29) is 11.8 Å². The number of rotatable bonds is 6. The van der Waals surface area contributed by atoms with Crippen LogP contribution in [-0.2, 0) is 0 Å². The van der Waals surface area contributed by atoms with E-state index >= 15 is 0 Å². The maximum absolute atomic E-state index is 10.1. The van der Waals surface area contributed by atoms with Crippen LogP contribution in [0.1, 0.15) is 44.6 Å². The second-order valence-electron chi connectivity index (χ2n) is 4.56. The lowest BCUT2D eigenvalue weighted by atomic mass is 9.90. The number of aromatic hydroxyl groups is 1. The van der Waals surface area contributed by atoms with Crippen molar-refractivity contribution in [2.45, 2.75) is 45.1 Å². The molecule has 0 heterocycles.